The molecule has 5 heteroatoms. The number of hydrogen-bond donors (Lipinski definition) is 2. The van der Waals surface area contributed by atoms with Crippen LogP contribution in [-0.2, 0) is 6.54 Å². The summed E-state index contributed by atoms with van der Waals surface area (Å²) < 4.78 is 13.8. The van der Waals surface area contributed by atoms with Gasteiger partial charge in [0.05, 0.1) is 11.4 Å². The Morgan fingerprint density at radius 2 is 1.96 bits per heavy atom. The second kappa shape index (κ2) is 6.59. The van der Waals surface area contributed by atoms with Gasteiger partial charge in [-0.2, -0.15) is 0 Å². The fraction of sp³-hybridized carbons (Fsp3) is 0.250. The molecular weight excluding hydrogens is 317 g/mol. The molecule has 0 spiro atoms. The fourth-order valence-corrected chi connectivity index (χ4v) is 2.98. The lowest BCUT2D eigenvalue weighted by molar-refractivity contribution is 0.0730. The molecule has 0 bridgehead atoms. The molecule has 4 nitrogen and oxygen atoms in total. The van der Waals surface area contributed by atoms with Crippen molar-refractivity contribution in [1.29, 1.82) is 0 Å². The number of nitrogens with one attached hydrogen (secondary N) is 1. The van der Waals surface area contributed by atoms with Gasteiger partial charge in [-0.3, -0.25) is 4.79 Å². The van der Waals surface area contributed by atoms with E-state index in [1.54, 1.807) is 25.1 Å². The van der Waals surface area contributed by atoms with Gasteiger partial charge in [0.25, 0.3) is 5.91 Å². The molecular formula is C20H22FN3O. The van der Waals surface area contributed by atoms with E-state index in [-0.39, 0.29) is 17.8 Å². The van der Waals surface area contributed by atoms with E-state index in [1.807, 2.05) is 36.9 Å². The molecule has 1 amide bonds. The van der Waals surface area contributed by atoms with Crippen molar-refractivity contribution in [2.45, 2.75) is 33.4 Å². The molecule has 130 valence electrons. The van der Waals surface area contributed by atoms with E-state index in [0.717, 1.165) is 16.7 Å². The Morgan fingerprint density at radius 1 is 1.24 bits per heavy atom. The Morgan fingerprint density at radius 3 is 2.64 bits per heavy atom. The van der Waals surface area contributed by atoms with Gasteiger partial charge >= 0.3 is 0 Å². The zero-order chi connectivity index (χ0) is 18.1. The molecule has 0 fully saturated rings. The number of allylic oxidation sites excluding steroid dienone is 1. The topological polar surface area (TPSA) is 58.4 Å². The van der Waals surface area contributed by atoms with Gasteiger partial charge in [0, 0.05) is 23.8 Å². The number of para-hydroxylation sites is 1. The molecule has 2 aromatic rings. The highest BCUT2D eigenvalue weighted by atomic mass is 19.1. The zero-order valence-corrected chi connectivity index (χ0v) is 14.6. The molecule has 0 atom stereocenters. The predicted octanol–water partition coefficient (Wildman–Crippen LogP) is 3.95. The maximum Gasteiger partial charge on any atom is 0.254 e. The second-order valence-electron chi connectivity index (χ2n) is 6.54. The highest BCUT2D eigenvalue weighted by Crippen LogP contribution is 2.28. The Labute approximate surface area is 147 Å². The molecule has 1 aliphatic heterocycles. The quantitative estimate of drug-likeness (QED) is 0.887. The number of anilines is 1. The minimum Gasteiger partial charge on any atom is -0.397 e. The smallest absolute Gasteiger partial charge is 0.254 e. The Balaban J connectivity index is 1.89. The van der Waals surface area contributed by atoms with E-state index in [1.165, 1.54) is 6.07 Å². The number of carbonyl (C=O) groups excluding carboxylic acids is 1. The summed E-state index contributed by atoms with van der Waals surface area (Å²) in [6, 6.07) is 12.2. The summed E-state index contributed by atoms with van der Waals surface area (Å²) >= 11 is 0. The van der Waals surface area contributed by atoms with Crippen LogP contribution in [0, 0.1) is 5.82 Å². The van der Waals surface area contributed by atoms with Crippen molar-refractivity contribution in [3.8, 4) is 0 Å². The molecule has 0 unspecified atom stereocenters. The summed E-state index contributed by atoms with van der Waals surface area (Å²) in [5.74, 6) is -0.276. The zero-order valence-electron chi connectivity index (χ0n) is 14.6. The predicted molar refractivity (Wildman–Crippen MR) is 98.3 cm³/mol. The first kappa shape index (κ1) is 17.0. The molecule has 0 radical (unpaired) electrons. The first-order valence-corrected chi connectivity index (χ1v) is 8.30. The number of benzene rings is 2. The van der Waals surface area contributed by atoms with E-state index in [9.17, 15) is 9.18 Å². The minimum absolute atomic E-state index is 0.0558. The van der Waals surface area contributed by atoms with Crippen molar-refractivity contribution >= 4 is 17.3 Å². The van der Waals surface area contributed by atoms with E-state index in [0.29, 0.717) is 23.6 Å². The SMILES string of the molecule is C/C(Nc1ccccc1F)=C(/N)c1ccc2c(c1)CN(C(C)C)C2=O. The maximum atomic E-state index is 13.8. The number of rotatable bonds is 4. The average Bonchev–Trinajstić information content (AvgIpc) is 2.92. The molecule has 2 aromatic carbocycles. The number of nitrogens with zero attached hydrogens (tertiary/aromatic N) is 1. The van der Waals surface area contributed by atoms with Crippen LogP contribution in [0.2, 0.25) is 0 Å². The third-order valence-corrected chi connectivity index (χ3v) is 4.47. The van der Waals surface area contributed by atoms with Gasteiger partial charge in [-0.05, 0) is 56.2 Å². The molecule has 0 aromatic heterocycles. The van der Waals surface area contributed by atoms with Crippen LogP contribution in [0.4, 0.5) is 10.1 Å². The standard InChI is InChI=1S/C20H22FN3O/c1-12(2)24-11-15-10-14(8-9-16(15)20(24)25)19(22)13(3)23-18-7-5-4-6-17(18)21/h4-10,12,23H,11,22H2,1-3H3/b19-13-. The van der Waals surface area contributed by atoms with Gasteiger partial charge in [-0.25, -0.2) is 4.39 Å². The number of hydrogen-bond acceptors (Lipinski definition) is 3. The highest BCUT2D eigenvalue weighted by Gasteiger charge is 2.29. The van der Waals surface area contributed by atoms with Crippen LogP contribution < -0.4 is 11.1 Å². The minimum atomic E-state index is -0.332. The van der Waals surface area contributed by atoms with Crippen molar-refractivity contribution < 1.29 is 9.18 Å². The first-order valence-electron chi connectivity index (χ1n) is 8.30. The number of nitrogens with two attached hydrogens (primary N) is 1. The van der Waals surface area contributed by atoms with Gasteiger partial charge in [0.1, 0.15) is 5.82 Å². The van der Waals surface area contributed by atoms with Gasteiger partial charge in [0.15, 0.2) is 0 Å². The monoisotopic (exact) mass is 339 g/mol. The Hall–Kier alpha value is -2.82. The highest BCUT2D eigenvalue weighted by molar-refractivity contribution is 5.99. The number of halogens is 1. The molecule has 0 aliphatic carbocycles. The van der Waals surface area contributed by atoms with Gasteiger partial charge in [0.2, 0.25) is 0 Å². The lowest BCUT2D eigenvalue weighted by Crippen LogP contribution is -2.30. The Kier molecular flexibility index (Phi) is 4.49. The van der Waals surface area contributed by atoms with E-state index in [2.05, 4.69) is 5.32 Å². The molecule has 25 heavy (non-hydrogen) atoms. The molecule has 0 saturated carbocycles. The number of carbonyl (C=O) groups is 1. The Bertz CT molecular complexity index is 858. The van der Waals surface area contributed by atoms with E-state index in [4.69, 9.17) is 5.73 Å². The van der Waals surface area contributed by atoms with Crippen LogP contribution in [0.3, 0.4) is 0 Å². The van der Waals surface area contributed by atoms with Crippen LogP contribution in [0.15, 0.2) is 48.2 Å². The molecule has 3 N–H and O–H groups in total. The van der Waals surface area contributed by atoms with Crippen LogP contribution in [0.5, 0.6) is 0 Å². The van der Waals surface area contributed by atoms with Crippen molar-refractivity contribution in [1.82, 2.24) is 4.90 Å². The van der Waals surface area contributed by atoms with E-state index < -0.39 is 0 Å². The maximum absolute atomic E-state index is 13.8. The normalized spacial score (nSPS) is 14.6. The third-order valence-electron chi connectivity index (χ3n) is 4.47. The van der Waals surface area contributed by atoms with Gasteiger partial charge < -0.3 is 16.0 Å². The summed E-state index contributed by atoms with van der Waals surface area (Å²) in [5, 5.41) is 3.01. The first-order chi connectivity index (χ1) is 11.9. The number of amides is 1. The van der Waals surface area contributed by atoms with Crippen molar-refractivity contribution in [3.05, 3.63) is 70.7 Å². The van der Waals surface area contributed by atoms with Crippen LogP contribution in [0.25, 0.3) is 5.70 Å². The molecule has 1 heterocycles. The fourth-order valence-electron chi connectivity index (χ4n) is 2.98. The largest absolute Gasteiger partial charge is 0.397 e. The van der Waals surface area contributed by atoms with E-state index >= 15 is 0 Å². The van der Waals surface area contributed by atoms with Gasteiger partial charge in [-0.15, -0.1) is 0 Å². The van der Waals surface area contributed by atoms with Crippen molar-refractivity contribution in [2.75, 3.05) is 5.32 Å². The van der Waals surface area contributed by atoms with Crippen molar-refractivity contribution in [3.63, 3.8) is 0 Å². The summed E-state index contributed by atoms with van der Waals surface area (Å²) in [5.41, 5.74) is 10.3. The average molecular weight is 339 g/mol. The lowest BCUT2D eigenvalue weighted by atomic mass is 10.0. The molecule has 1 aliphatic rings. The summed E-state index contributed by atoms with van der Waals surface area (Å²) in [7, 11) is 0. The molecule has 3 rings (SSSR count). The van der Waals surface area contributed by atoms with Crippen LogP contribution >= 0.6 is 0 Å². The summed E-state index contributed by atoms with van der Waals surface area (Å²) in [6.45, 7) is 6.40. The summed E-state index contributed by atoms with van der Waals surface area (Å²) in [6.07, 6.45) is 0. The second-order valence-corrected chi connectivity index (χ2v) is 6.54. The molecule has 0 saturated heterocycles. The van der Waals surface area contributed by atoms with Crippen molar-refractivity contribution in [2.24, 2.45) is 5.73 Å². The van der Waals surface area contributed by atoms with Gasteiger partial charge in [-0.1, -0.05) is 18.2 Å². The lowest BCUT2D eigenvalue weighted by Gasteiger charge is -2.19. The van der Waals surface area contributed by atoms with Crippen LogP contribution in [0.1, 0.15) is 42.3 Å². The third kappa shape index (κ3) is 3.22. The summed E-state index contributed by atoms with van der Waals surface area (Å²) in [4.78, 5) is 14.2. The van der Waals surface area contributed by atoms with Crippen LogP contribution in [-0.4, -0.2) is 16.8 Å². The number of fused-ring (bicyclic) bond motifs is 1.